The molecule has 1 N–H and O–H groups in total. The van der Waals surface area contributed by atoms with Gasteiger partial charge in [-0.05, 0) is 20.3 Å². The molecule has 100 valence electrons. The fourth-order valence-electron chi connectivity index (χ4n) is 2.24. The van der Waals surface area contributed by atoms with E-state index in [9.17, 15) is 4.79 Å². The average Bonchev–Trinajstić information content (AvgIpc) is 2.24. The van der Waals surface area contributed by atoms with E-state index >= 15 is 0 Å². The van der Waals surface area contributed by atoms with Crippen LogP contribution < -0.4 is 5.32 Å². The molecule has 1 aliphatic rings. The molecule has 0 aromatic rings. The molecule has 5 atom stereocenters. The van der Waals surface area contributed by atoms with Crippen LogP contribution in [0.15, 0.2) is 0 Å². The predicted molar refractivity (Wildman–Crippen MR) is 63.0 cm³/mol. The number of carbonyl (C=O) groups excluding carboxylic acids is 1. The zero-order chi connectivity index (χ0) is 13.0. The Balaban J connectivity index is 2.81. The molecule has 0 aromatic carbocycles. The first-order chi connectivity index (χ1) is 7.95. The number of rotatable bonds is 2. The largest absolute Gasteiger partial charge is 0.461 e. The third kappa shape index (κ3) is 3.94. The summed E-state index contributed by atoms with van der Waals surface area (Å²) in [6, 6.07) is 0.0295. The summed E-state index contributed by atoms with van der Waals surface area (Å²) in [7, 11) is 0. The maximum Gasteiger partial charge on any atom is 0.302 e. The van der Waals surface area contributed by atoms with Gasteiger partial charge < -0.3 is 4.74 Å². The first-order valence-corrected chi connectivity index (χ1v) is 6.21. The molecule has 1 rings (SSSR count). The quantitative estimate of drug-likeness (QED) is 0.592. The van der Waals surface area contributed by atoms with E-state index in [1.165, 1.54) is 6.92 Å². The molecule has 0 spiro atoms. The lowest BCUT2D eigenvalue weighted by molar-refractivity contribution is -0.372. The Bertz CT molecular complexity index is 259. The molecule has 17 heavy (non-hydrogen) atoms. The average molecular weight is 245 g/mol. The summed E-state index contributed by atoms with van der Waals surface area (Å²) in [5, 5.41) is 3.19. The minimum atomic E-state index is -0.264. The van der Waals surface area contributed by atoms with Gasteiger partial charge >= 0.3 is 5.97 Å². The van der Waals surface area contributed by atoms with E-state index < -0.39 is 0 Å². The number of esters is 1. The zero-order valence-electron chi connectivity index (χ0n) is 11.2. The van der Waals surface area contributed by atoms with E-state index in [4.69, 9.17) is 14.5 Å². The van der Waals surface area contributed by atoms with Crippen LogP contribution in [-0.4, -0.2) is 30.4 Å². The zero-order valence-corrected chi connectivity index (χ0v) is 11.2. The van der Waals surface area contributed by atoms with E-state index in [1.54, 1.807) is 0 Å². The van der Waals surface area contributed by atoms with E-state index in [1.807, 2.05) is 27.7 Å². The van der Waals surface area contributed by atoms with Gasteiger partial charge in [-0.15, -0.1) is 0 Å². The molecular weight excluding hydrogens is 222 g/mol. The van der Waals surface area contributed by atoms with Crippen LogP contribution in [-0.2, 0) is 19.3 Å². The molecule has 0 aromatic heterocycles. The predicted octanol–water partition coefficient (Wildman–Crippen LogP) is 1.62. The minimum absolute atomic E-state index is 0.0295. The van der Waals surface area contributed by atoms with Gasteiger partial charge in [0.1, 0.15) is 12.3 Å². The van der Waals surface area contributed by atoms with Gasteiger partial charge in [0.05, 0.1) is 6.10 Å². The number of hydrogen-bond acceptors (Lipinski definition) is 5. The van der Waals surface area contributed by atoms with Crippen molar-refractivity contribution in [3.8, 4) is 0 Å². The fourth-order valence-corrected chi connectivity index (χ4v) is 2.24. The van der Waals surface area contributed by atoms with E-state index in [2.05, 4.69) is 5.32 Å². The van der Waals surface area contributed by atoms with Crippen LogP contribution in [0.25, 0.3) is 0 Å². The smallest absolute Gasteiger partial charge is 0.302 e. The summed E-state index contributed by atoms with van der Waals surface area (Å²) in [6.07, 6.45) is 0.331. The molecule has 0 amide bonds. The second kappa shape index (κ2) is 6.33. The molecule has 1 saturated heterocycles. The first kappa shape index (κ1) is 14.4. The molecule has 1 aliphatic heterocycles. The van der Waals surface area contributed by atoms with Crippen molar-refractivity contribution in [2.24, 2.45) is 5.92 Å². The van der Waals surface area contributed by atoms with E-state index in [-0.39, 0.29) is 36.4 Å². The molecule has 1 fully saturated rings. The Hall–Kier alpha value is -0.650. The Morgan fingerprint density at radius 1 is 1.29 bits per heavy atom. The third-order valence-corrected chi connectivity index (χ3v) is 3.12. The van der Waals surface area contributed by atoms with Crippen molar-refractivity contribution in [2.75, 3.05) is 0 Å². The molecule has 0 saturated carbocycles. The molecule has 3 unspecified atom stereocenters. The number of ether oxygens (including phenoxy) is 1. The first-order valence-electron chi connectivity index (χ1n) is 6.21. The summed E-state index contributed by atoms with van der Waals surface area (Å²) in [5.74, 6) is -0.182. The minimum Gasteiger partial charge on any atom is -0.461 e. The standard InChI is InChI=1S/C12H23NO4/c1-6-11-7(2)12(15-10(5)14)8(3)13-9(4)16-17-11/h7-9,11-13H,6H2,1-5H3/t7-,8+,9?,11?,12?/m0/s1. The number of hydrogen-bond donors (Lipinski definition) is 1. The molecule has 0 radical (unpaired) electrons. The highest BCUT2D eigenvalue weighted by molar-refractivity contribution is 5.66. The lowest BCUT2D eigenvalue weighted by Gasteiger charge is -2.37. The summed E-state index contributed by atoms with van der Waals surface area (Å²) in [6.45, 7) is 9.32. The second-order valence-electron chi connectivity index (χ2n) is 4.67. The summed E-state index contributed by atoms with van der Waals surface area (Å²) < 4.78 is 5.39. The maximum atomic E-state index is 11.2. The van der Waals surface area contributed by atoms with Crippen molar-refractivity contribution in [1.29, 1.82) is 0 Å². The molecule has 5 heteroatoms. The fraction of sp³-hybridized carbons (Fsp3) is 0.917. The van der Waals surface area contributed by atoms with Crippen molar-refractivity contribution in [2.45, 2.75) is 65.5 Å². The van der Waals surface area contributed by atoms with Crippen LogP contribution in [0.3, 0.4) is 0 Å². The van der Waals surface area contributed by atoms with Crippen molar-refractivity contribution in [3.63, 3.8) is 0 Å². The van der Waals surface area contributed by atoms with Gasteiger partial charge in [0.2, 0.25) is 0 Å². The maximum absolute atomic E-state index is 11.2. The van der Waals surface area contributed by atoms with Crippen LogP contribution in [0.2, 0.25) is 0 Å². The van der Waals surface area contributed by atoms with Gasteiger partial charge in [-0.25, -0.2) is 9.78 Å². The van der Waals surface area contributed by atoms with Gasteiger partial charge in [0.25, 0.3) is 0 Å². The highest BCUT2D eigenvalue weighted by Gasteiger charge is 2.35. The Morgan fingerprint density at radius 3 is 2.47 bits per heavy atom. The third-order valence-electron chi connectivity index (χ3n) is 3.12. The van der Waals surface area contributed by atoms with Crippen LogP contribution in [0.5, 0.6) is 0 Å². The Labute approximate surface area is 103 Å². The molecular formula is C12H23NO4. The monoisotopic (exact) mass is 245 g/mol. The topological polar surface area (TPSA) is 56.8 Å². The van der Waals surface area contributed by atoms with E-state index in [0.717, 1.165) is 6.42 Å². The summed E-state index contributed by atoms with van der Waals surface area (Å²) in [5.41, 5.74) is 0. The Kier molecular flexibility index (Phi) is 5.36. The highest BCUT2D eigenvalue weighted by atomic mass is 17.2. The van der Waals surface area contributed by atoms with Crippen molar-refractivity contribution < 1.29 is 19.3 Å². The second-order valence-corrected chi connectivity index (χ2v) is 4.67. The van der Waals surface area contributed by atoms with E-state index in [0.29, 0.717) is 0 Å². The number of nitrogens with one attached hydrogen (secondary N) is 1. The SMILES string of the molecule is CCC1OOC(C)N[C@H](C)C(OC(C)=O)[C@H]1C. The van der Waals surface area contributed by atoms with Crippen LogP contribution in [0.4, 0.5) is 0 Å². The molecule has 5 nitrogen and oxygen atoms in total. The molecule has 1 heterocycles. The van der Waals surface area contributed by atoms with Gasteiger partial charge in [-0.3, -0.25) is 10.1 Å². The van der Waals surface area contributed by atoms with Crippen LogP contribution in [0, 0.1) is 5.92 Å². The summed E-state index contributed by atoms with van der Waals surface area (Å²) >= 11 is 0. The Morgan fingerprint density at radius 2 is 1.94 bits per heavy atom. The number of carbonyl (C=O) groups is 1. The van der Waals surface area contributed by atoms with Gasteiger partial charge in [-0.1, -0.05) is 13.8 Å². The van der Waals surface area contributed by atoms with Gasteiger partial charge in [-0.2, -0.15) is 0 Å². The van der Waals surface area contributed by atoms with Crippen molar-refractivity contribution in [1.82, 2.24) is 5.32 Å². The highest BCUT2D eigenvalue weighted by Crippen LogP contribution is 2.23. The lowest BCUT2D eigenvalue weighted by atomic mass is 9.91. The van der Waals surface area contributed by atoms with Crippen molar-refractivity contribution in [3.05, 3.63) is 0 Å². The van der Waals surface area contributed by atoms with Crippen LogP contribution in [0.1, 0.15) is 41.0 Å². The molecule has 0 bridgehead atoms. The normalized spacial score (nSPS) is 39.2. The summed E-state index contributed by atoms with van der Waals surface area (Å²) in [4.78, 5) is 21.7. The van der Waals surface area contributed by atoms with Gasteiger partial charge in [0.15, 0.2) is 0 Å². The molecule has 0 aliphatic carbocycles. The lowest BCUT2D eigenvalue weighted by Crippen LogP contribution is -2.53. The van der Waals surface area contributed by atoms with Crippen molar-refractivity contribution >= 4 is 5.97 Å². The van der Waals surface area contributed by atoms with Gasteiger partial charge in [0, 0.05) is 18.9 Å². The van der Waals surface area contributed by atoms with Crippen LogP contribution >= 0.6 is 0 Å².